The number of amides is 4. The second-order valence-electron chi connectivity index (χ2n) is 23.9. The molecule has 0 spiro atoms. The molecule has 510 valence electrons. The molecule has 0 aliphatic carbocycles. The average molecular weight is 1390 g/mol. The Morgan fingerprint density at radius 1 is 0.698 bits per heavy atom. The van der Waals surface area contributed by atoms with Crippen LogP contribution in [0.1, 0.15) is 80.4 Å². The number of nitrogens with one attached hydrogen (secondary N) is 5. The number of H-pyrrole nitrogens is 1. The quantitative estimate of drug-likeness (QED) is 0.0374. The maximum absolute atomic E-state index is 16.8. The number of rotatable bonds is 23. The van der Waals surface area contributed by atoms with Crippen LogP contribution in [-0.4, -0.2) is 147 Å². The van der Waals surface area contributed by atoms with Crippen molar-refractivity contribution in [3.05, 3.63) is 177 Å². The number of hydrogen-bond acceptors (Lipinski definition) is 20. The van der Waals surface area contributed by atoms with E-state index in [4.69, 9.17) is 39.4 Å². The first-order valence-corrected chi connectivity index (χ1v) is 34.6. The van der Waals surface area contributed by atoms with Gasteiger partial charge in [-0.25, -0.2) is 33.1 Å². The summed E-state index contributed by atoms with van der Waals surface area (Å²) in [6.45, 7) is -1.31. The van der Waals surface area contributed by atoms with Crippen LogP contribution in [0.4, 0.5) is 14.5 Å². The molecule has 7 aromatic rings. The fourth-order valence-electron chi connectivity index (χ4n) is 11.4. The molecule has 14 atom stereocenters. The van der Waals surface area contributed by atoms with E-state index in [1.165, 1.54) is 48.4 Å². The van der Waals surface area contributed by atoms with Crippen LogP contribution in [0, 0.1) is 11.8 Å². The lowest BCUT2D eigenvalue weighted by Gasteiger charge is -2.28. The van der Waals surface area contributed by atoms with E-state index in [-0.39, 0.29) is 67.1 Å². The normalized spacial score (nSPS) is 24.8. The highest BCUT2D eigenvalue weighted by Gasteiger charge is 2.54. The number of phenolic OH excluding ortho intramolecular Hbond substituents is 2. The van der Waals surface area contributed by atoms with Crippen LogP contribution >= 0.6 is 14.5 Å². The topological polar surface area (TPSA) is 385 Å². The van der Waals surface area contributed by atoms with Crippen molar-refractivity contribution < 1.29 is 84.9 Å². The van der Waals surface area contributed by atoms with Crippen LogP contribution in [0.15, 0.2) is 138 Å². The maximum Gasteiger partial charge on any atom is 0.472 e. The van der Waals surface area contributed by atoms with E-state index >= 15 is 8.78 Å². The highest BCUT2D eigenvalue weighted by atomic mass is 32.5. The summed E-state index contributed by atoms with van der Waals surface area (Å²) in [6.07, 6.45) is -11.2. The Labute approximate surface area is 552 Å². The van der Waals surface area contributed by atoms with Gasteiger partial charge in [0.05, 0.1) is 31.3 Å². The van der Waals surface area contributed by atoms with E-state index in [1.807, 2.05) is 49.2 Å². The number of aromatic amines is 1. The molecule has 0 bridgehead atoms. The fourth-order valence-corrected chi connectivity index (χ4v) is 13.8. The van der Waals surface area contributed by atoms with Crippen molar-refractivity contribution in [2.24, 2.45) is 11.8 Å². The zero-order valence-corrected chi connectivity index (χ0v) is 54.4. The molecule has 3 aliphatic heterocycles. The van der Waals surface area contributed by atoms with Crippen molar-refractivity contribution in [3.63, 3.8) is 0 Å². The molecule has 33 heteroatoms. The number of nitrogens with zero attached hydrogens (tertiary/aromatic N) is 5. The molecular formula is C63H70F2N10O18P2S. The zero-order chi connectivity index (χ0) is 68.6. The lowest BCUT2D eigenvalue weighted by molar-refractivity contribution is -0.134. The number of aromatic hydroxyl groups is 2. The molecule has 3 saturated heterocycles. The van der Waals surface area contributed by atoms with E-state index in [0.29, 0.717) is 39.1 Å². The van der Waals surface area contributed by atoms with Gasteiger partial charge in [0, 0.05) is 50.1 Å². The van der Waals surface area contributed by atoms with Gasteiger partial charge in [-0.15, -0.1) is 0 Å². The Hall–Kier alpha value is -8.32. The third-order valence-corrected chi connectivity index (χ3v) is 18.7. The Morgan fingerprint density at radius 3 is 1.94 bits per heavy atom. The number of ether oxygens (including phenoxy) is 2. The van der Waals surface area contributed by atoms with Gasteiger partial charge in [0.25, 0.3) is 5.56 Å². The zero-order valence-electron chi connectivity index (χ0n) is 51.8. The molecular weight excluding hydrogens is 1320 g/mol. The first-order valence-electron chi connectivity index (χ1n) is 30.5. The molecule has 4 amide bonds. The van der Waals surface area contributed by atoms with Gasteiger partial charge >= 0.3 is 20.2 Å². The van der Waals surface area contributed by atoms with Crippen molar-refractivity contribution in [2.75, 3.05) is 18.5 Å². The largest absolute Gasteiger partial charge is 0.508 e. The van der Waals surface area contributed by atoms with E-state index in [1.54, 1.807) is 48.5 Å². The molecule has 9 N–H and O–H groups in total. The summed E-state index contributed by atoms with van der Waals surface area (Å²) in [5.41, 5.74) is 1.80. The number of aromatic nitrogens is 6. The number of phosphoric acid groups is 1. The summed E-state index contributed by atoms with van der Waals surface area (Å²) < 4.78 is 81.2. The smallest absolute Gasteiger partial charge is 0.472 e. The molecule has 96 heavy (non-hydrogen) atoms. The molecule has 28 nitrogen and oxygen atoms in total. The highest BCUT2D eigenvalue weighted by molar-refractivity contribution is 8.07. The minimum absolute atomic E-state index is 0.00931. The number of ketones is 1. The van der Waals surface area contributed by atoms with E-state index in [9.17, 15) is 58.1 Å². The number of imidazole rings is 1. The van der Waals surface area contributed by atoms with E-state index in [0.717, 1.165) is 17.8 Å². The number of anilines is 1. The van der Waals surface area contributed by atoms with Gasteiger partial charge < -0.3 is 55.3 Å². The number of fused-ring (bicyclic) bond motifs is 3. The highest BCUT2D eigenvalue weighted by Crippen LogP contribution is 2.54. The van der Waals surface area contributed by atoms with Crippen LogP contribution in [-0.2, 0) is 93.6 Å². The Balaban J connectivity index is 0.813. The van der Waals surface area contributed by atoms with Crippen molar-refractivity contribution in [3.8, 4) is 11.5 Å². The standard InChI is InChI=1S/C63H70F2N10O18P2S/c1-34(2)25-46(71-58(81)40(26-37-11-18-42(77)19-12-37)29-48(79)44(69-35(3)76)22-15-36-7-5-4-6-8-36)60(83)72-47(28-39-13-20-43(78)21-14-39)59(82)70-41-16-9-38(10-17-41)27-45-54-57(67-32-66-45)75(33-68-54)62-52(64)55-50(91-62)31-89-95(87,96)93-56-49(30-88-94(85,86)92-55)90-61(53(56)65)74-24-23-51(80)73-63(74)84/h4-14,16-21,23-24,32-34,40,44,46-47,49-50,52-53,55-56,61-62,77-78H,15,22,25-31H2,1-3H3,(H,69,76)(H,70,82)(H,71,81)(H,72,83)(H,85,86)(H,87,96)(H,73,80,84)/t40-,44+,46+,47+,49-,50-,52-,53-,55-,56-,61-,62-,95?/m1/s1. The average Bonchev–Trinajstić information content (AvgIpc) is 1.61. The molecule has 3 aromatic heterocycles. The minimum atomic E-state index is -5.29. The summed E-state index contributed by atoms with van der Waals surface area (Å²) in [5.74, 6) is -4.05. The van der Waals surface area contributed by atoms with E-state index < -0.39 is 142 Å². The van der Waals surface area contributed by atoms with Crippen LogP contribution in [0.25, 0.3) is 11.2 Å². The van der Waals surface area contributed by atoms with Gasteiger partial charge in [-0.1, -0.05) is 80.6 Å². The number of phosphoric ester groups is 1. The minimum Gasteiger partial charge on any atom is -0.508 e. The van der Waals surface area contributed by atoms with Crippen molar-refractivity contribution in [1.82, 2.24) is 45.0 Å². The number of benzene rings is 4. The predicted molar refractivity (Wildman–Crippen MR) is 343 cm³/mol. The van der Waals surface area contributed by atoms with Crippen molar-refractivity contribution >= 4 is 72.6 Å². The number of Topliss-reactive ketones (excluding diaryl/α,β-unsaturated/α-hetero) is 1. The lowest BCUT2D eigenvalue weighted by atomic mass is 9.89. The third-order valence-electron chi connectivity index (χ3n) is 16.2. The Kier molecular flexibility index (Phi) is 22.6. The number of aryl methyl sites for hydroxylation is 1. The summed E-state index contributed by atoms with van der Waals surface area (Å²) in [5, 5.41) is 31.4. The SMILES string of the molecule is CC(=O)N[C@@H](CCc1ccccc1)C(=O)C[C@@H](Cc1ccc(O)cc1)C(=O)N[C@@H](CC(C)C)C(=O)N[C@@H](Cc1ccc(O)cc1)C(=O)Nc1ccc(Cc2ncnc3c2ncn3[C@@H]2O[C@@H]3COP(O)(=S)O[C@H]4[C@@H](F)[C@H](n5ccc(=O)[nH]c5=O)O[C@@H]4COP(=O)(O)O[C@H]3[C@H]2F)cc1. The van der Waals surface area contributed by atoms with Crippen LogP contribution in [0.5, 0.6) is 11.5 Å². The maximum atomic E-state index is 16.8. The molecule has 4 aromatic carbocycles. The lowest BCUT2D eigenvalue weighted by Crippen LogP contribution is -2.54. The number of carbonyl (C=O) groups is 5. The molecule has 3 fully saturated rings. The summed E-state index contributed by atoms with van der Waals surface area (Å²) in [4.78, 5) is 131. The number of halogens is 2. The molecule has 6 heterocycles. The van der Waals surface area contributed by atoms with Crippen LogP contribution in [0.2, 0.25) is 0 Å². The molecule has 2 unspecified atom stereocenters. The molecule has 10 rings (SSSR count). The third kappa shape index (κ3) is 18.0. The number of alkyl halides is 2. The van der Waals surface area contributed by atoms with Crippen molar-refractivity contribution in [2.45, 2.75) is 133 Å². The number of phenols is 2. The van der Waals surface area contributed by atoms with Gasteiger partial charge in [0.15, 0.2) is 36.2 Å². The molecule has 3 aliphatic rings. The van der Waals surface area contributed by atoms with Gasteiger partial charge in [0.2, 0.25) is 23.6 Å². The molecule has 0 radical (unpaired) electrons. The van der Waals surface area contributed by atoms with Gasteiger partial charge in [0.1, 0.15) is 59.8 Å². The first kappa shape index (κ1) is 70.5. The fraction of sp³-hybridized carbons (Fsp3) is 0.397. The summed E-state index contributed by atoms with van der Waals surface area (Å²) in [7, 11) is -5.29. The number of carbonyl (C=O) groups excluding carboxylic acids is 5. The second kappa shape index (κ2) is 30.8. The monoisotopic (exact) mass is 1390 g/mol. The Bertz CT molecular complexity index is 4160. The summed E-state index contributed by atoms with van der Waals surface area (Å²) >= 11 is 5.18. The van der Waals surface area contributed by atoms with Crippen LogP contribution < -0.4 is 32.5 Å². The van der Waals surface area contributed by atoms with Gasteiger partial charge in [-0.3, -0.25) is 56.5 Å². The van der Waals surface area contributed by atoms with Gasteiger partial charge in [-0.05, 0) is 102 Å². The molecule has 0 saturated carbocycles. The second-order valence-corrected chi connectivity index (χ2v) is 28.0. The van der Waals surface area contributed by atoms with E-state index in [2.05, 4.69) is 36.2 Å². The van der Waals surface area contributed by atoms with Crippen LogP contribution in [0.3, 0.4) is 0 Å². The van der Waals surface area contributed by atoms with Crippen molar-refractivity contribution in [1.29, 1.82) is 0 Å². The first-order chi connectivity index (χ1) is 45.7. The van der Waals surface area contributed by atoms with Gasteiger partial charge in [-0.2, -0.15) is 0 Å². The summed E-state index contributed by atoms with van der Waals surface area (Å²) in [6, 6.07) is 25.7. The Morgan fingerprint density at radius 2 is 1.30 bits per heavy atom. The predicted octanol–water partition coefficient (Wildman–Crippen LogP) is 5.14. The number of hydrogen-bond donors (Lipinski definition) is 9.